The lowest BCUT2D eigenvalue weighted by atomic mass is 9.96. The number of para-hydroxylation sites is 1. The summed E-state index contributed by atoms with van der Waals surface area (Å²) in [5.41, 5.74) is 5.26. The number of nitrogens with zero attached hydrogens (tertiary/aromatic N) is 4. The molecule has 2 N–H and O–H groups in total. The van der Waals surface area contributed by atoms with Gasteiger partial charge in [0.2, 0.25) is 5.91 Å². The molecule has 4 aromatic rings. The van der Waals surface area contributed by atoms with Crippen molar-refractivity contribution in [2.24, 2.45) is 0 Å². The highest BCUT2D eigenvalue weighted by Gasteiger charge is 2.41. The van der Waals surface area contributed by atoms with Gasteiger partial charge in [-0.25, -0.2) is 9.37 Å². The van der Waals surface area contributed by atoms with Crippen LogP contribution in [0, 0.1) is 26.6 Å². The molecule has 4 heterocycles. The number of anilines is 1. The van der Waals surface area contributed by atoms with Crippen molar-refractivity contribution in [3.8, 4) is 5.82 Å². The van der Waals surface area contributed by atoms with E-state index in [2.05, 4.69) is 45.1 Å². The van der Waals surface area contributed by atoms with Gasteiger partial charge in [0.1, 0.15) is 11.6 Å². The Labute approximate surface area is 226 Å². The molecule has 9 heteroatoms. The summed E-state index contributed by atoms with van der Waals surface area (Å²) in [5, 5.41) is 6.65. The molecular weight excluding hydrogens is 499 g/mol. The number of amides is 1. The van der Waals surface area contributed by atoms with Crippen molar-refractivity contribution in [1.82, 2.24) is 24.8 Å². The van der Waals surface area contributed by atoms with Crippen molar-refractivity contribution in [2.75, 3.05) is 11.9 Å². The molecule has 1 aliphatic heterocycles. The van der Waals surface area contributed by atoms with Crippen LogP contribution in [0.4, 0.5) is 10.1 Å². The molecule has 0 bridgehead atoms. The summed E-state index contributed by atoms with van der Waals surface area (Å²) in [6.45, 7) is 6.54. The Kier molecular flexibility index (Phi) is 7.20. The van der Waals surface area contributed by atoms with Gasteiger partial charge >= 0.3 is 0 Å². The highest BCUT2D eigenvalue weighted by molar-refractivity contribution is 7.80. The molecule has 5 rings (SSSR count). The molecule has 194 valence electrons. The first-order valence-electron chi connectivity index (χ1n) is 12.5. The SMILES string of the molecule is Cc1cccnc1-n1c(C)cc([C@H]2[C@@H](c3ccccn3)NC(=S)N2CCC(=O)Nc2ccccc2F)c1C. The van der Waals surface area contributed by atoms with Gasteiger partial charge in [-0.1, -0.05) is 24.3 Å². The largest absolute Gasteiger partial charge is 0.352 e. The van der Waals surface area contributed by atoms with E-state index in [1.807, 2.05) is 42.2 Å². The van der Waals surface area contributed by atoms with Crippen LogP contribution < -0.4 is 10.6 Å². The first-order chi connectivity index (χ1) is 18.3. The van der Waals surface area contributed by atoms with E-state index in [1.165, 1.54) is 6.07 Å². The highest BCUT2D eigenvalue weighted by atomic mass is 32.1. The summed E-state index contributed by atoms with van der Waals surface area (Å²) >= 11 is 5.77. The third-order valence-corrected chi connectivity index (χ3v) is 7.26. The molecule has 1 fully saturated rings. The summed E-state index contributed by atoms with van der Waals surface area (Å²) in [6.07, 6.45) is 3.70. The lowest BCUT2D eigenvalue weighted by molar-refractivity contribution is -0.116. The lowest BCUT2D eigenvalue weighted by Crippen LogP contribution is -2.33. The quantitative estimate of drug-likeness (QED) is 0.316. The summed E-state index contributed by atoms with van der Waals surface area (Å²) < 4.78 is 16.2. The molecule has 7 nitrogen and oxygen atoms in total. The summed E-state index contributed by atoms with van der Waals surface area (Å²) in [6, 6.07) is 17.7. The highest BCUT2D eigenvalue weighted by Crippen LogP contribution is 2.41. The second kappa shape index (κ2) is 10.7. The van der Waals surface area contributed by atoms with Gasteiger partial charge < -0.3 is 20.1 Å². The van der Waals surface area contributed by atoms with E-state index < -0.39 is 5.82 Å². The minimum absolute atomic E-state index is 0.139. The van der Waals surface area contributed by atoms with Gasteiger partial charge in [-0.3, -0.25) is 9.78 Å². The normalized spacial score (nSPS) is 16.9. The molecule has 0 radical (unpaired) electrons. The van der Waals surface area contributed by atoms with Gasteiger partial charge in [0.15, 0.2) is 5.11 Å². The number of aryl methyl sites for hydroxylation is 2. The Bertz CT molecular complexity index is 1490. The third-order valence-electron chi connectivity index (χ3n) is 6.91. The lowest BCUT2D eigenvalue weighted by Gasteiger charge is -2.28. The molecule has 2 atom stereocenters. The number of pyridine rings is 2. The topological polar surface area (TPSA) is 75.1 Å². The van der Waals surface area contributed by atoms with E-state index in [-0.39, 0.29) is 30.1 Å². The monoisotopic (exact) mass is 528 g/mol. The minimum Gasteiger partial charge on any atom is -0.352 e. The van der Waals surface area contributed by atoms with Crippen LogP contribution in [0.25, 0.3) is 5.82 Å². The predicted octanol–water partition coefficient (Wildman–Crippen LogP) is 5.33. The van der Waals surface area contributed by atoms with Gasteiger partial charge in [0.25, 0.3) is 0 Å². The molecule has 38 heavy (non-hydrogen) atoms. The van der Waals surface area contributed by atoms with Gasteiger partial charge in [-0.15, -0.1) is 0 Å². The standard InChI is InChI=1S/C29H29FN6OS/c1-18-9-8-15-32-28(18)36-19(2)17-21(20(36)3)27-26(24-12-6-7-14-31-24)34-29(38)35(27)16-13-25(37)33-23-11-5-4-10-22(23)30/h4-12,14-15,17,26-27H,13,16H2,1-3H3,(H,33,37)(H,34,38)/t26-,27+/m1/s1. The van der Waals surface area contributed by atoms with E-state index in [0.29, 0.717) is 11.7 Å². The number of nitrogens with one attached hydrogen (secondary N) is 2. The van der Waals surface area contributed by atoms with E-state index in [4.69, 9.17) is 12.2 Å². The predicted molar refractivity (Wildman–Crippen MR) is 150 cm³/mol. The number of benzene rings is 1. The molecule has 0 aliphatic carbocycles. The van der Waals surface area contributed by atoms with Crippen LogP contribution in [0.15, 0.2) is 73.1 Å². The van der Waals surface area contributed by atoms with Crippen LogP contribution in [-0.2, 0) is 4.79 Å². The average Bonchev–Trinajstić information content (AvgIpc) is 3.39. The Morgan fingerprint density at radius 3 is 2.55 bits per heavy atom. The van der Waals surface area contributed by atoms with Crippen LogP contribution in [0.1, 0.15) is 46.7 Å². The van der Waals surface area contributed by atoms with E-state index >= 15 is 0 Å². The molecule has 1 aromatic carbocycles. The van der Waals surface area contributed by atoms with Crippen molar-refractivity contribution >= 4 is 28.9 Å². The van der Waals surface area contributed by atoms with Crippen LogP contribution in [0.5, 0.6) is 0 Å². The Hall–Kier alpha value is -4.11. The number of hydrogen-bond acceptors (Lipinski definition) is 4. The van der Waals surface area contributed by atoms with Crippen molar-refractivity contribution in [3.05, 3.63) is 107 Å². The Balaban J connectivity index is 1.48. The fourth-order valence-electron chi connectivity index (χ4n) is 5.11. The fourth-order valence-corrected chi connectivity index (χ4v) is 5.44. The van der Waals surface area contributed by atoms with Crippen molar-refractivity contribution in [1.29, 1.82) is 0 Å². The molecular formula is C29H29FN6OS. The number of hydrogen-bond donors (Lipinski definition) is 2. The smallest absolute Gasteiger partial charge is 0.226 e. The van der Waals surface area contributed by atoms with E-state index in [1.54, 1.807) is 30.6 Å². The van der Waals surface area contributed by atoms with Crippen molar-refractivity contribution in [3.63, 3.8) is 0 Å². The maximum Gasteiger partial charge on any atom is 0.226 e. The number of carbonyl (C=O) groups is 1. The number of rotatable bonds is 7. The van der Waals surface area contributed by atoms with Gasteiger partial charge in [-0.2, -0.15) is 0 Å². The zero-order chi connectivity index (χ0) is 26.8. The van der Waals surface area contributed by atoms with Gasteiger partial charge in [0, 0.05) is 36.7 Å². The van der Waals surface area contributed by atoms with Crippen molar-refractivity contribution < 1.29 is 9.18 Å². The van der Waals surface area contributed by atoms with E-state index in [0.717, 1.165) is 34.0 Å². The van der Waals surface area contributed by atoms with Crippen molar-refractivity contribution in [2.45, 2.75) is 39.3 Å². The van der Waals surface area contributed by atoms with E-state index in [9.17, 15) is 9.18 Å². The molecule has 1 amide bonds. The first kappa shape index (κ1) is 25.5. The second-order valence-corrected chi connectivity index (χ2v) is 9.79. The number of thiocarbonyl (C=S) groups is 1. The van der Waals surface area contributed by atoms with Gasteiger partial charge in [0.05, 0.1) is 23.5 Å². The molecule has 1 saturated heterocycles. The average molecular weight is 529 g/mol. The van der Waals surface area contributed by atoms with Gasteiger partial charge in [-0.05, 0) is 80.5 Å². The second-order valence-electron chi connectivity index (χ2n) is 9.40. The van der Waals surface area contributed by atoms with Crippen LogP contribution in [0.2, 0.25) is 0 Å². The zero-order valence-electron chi connectivity index (χ0n) is 21.5. The molecule has 0 unspecified atom stereocenters. The third kappa shape index (κ3) is 4.89. The summed E-state index contributed by atoms with van der Waals surface area (Å²) in [5.74, 6) is 0.129. The Morgan fingerprint density at radius 1 is 1.05 bits per heavy atom. The summed E-state index contributed by atoms with van der Waals surface area (Å²) in [4.78, 5) is 24.1. The fraction of sp³-hybridized carbons (Fsp3) is 0.241. The minimum atomic E-state index is -0.468. The number of carbonyl (C=O) groups excluding carboxylic acids is 1. The van der Waals surface area contributed by atoms with Crippen LogP contribution in [0.3, 0.4) is 0 Å². The molecule has 1 aliphatic rings. The molecule has 0 spiro atoms. The zero-order valence-corrected chi connectivity index (χ0v) is 22.3. The van der Waals surface area contributed by atoms with Crippen LogP contribution >= 0.6 is 12.2 Å². The summed E-state index contributed by atoms with van der Waals surface area (Å²) in [7, 11) is 0. The molecule has 3 aromatic heterocycles. The maximum absolute atomic E-state index is 14.1. The maximum atomic E-state index is 14.1. The number of halogens is 1. The molecule has 0 saturated carbocycles. The number of aromatic nitrogens is 3. The van der Waals surface area contributed by atoms with Crippen LogP contribution in [-0.4, -0.2) is 37.0 Å². The Morgan fingerprint density at radius 2 is 1.82 bits per heavy atom. The first-order valence-corrected chi connectivity index (χ1v) is 12.9.